The number of rotatable bonds is 5. The standard InChI is InChI=1S/C23H17BrO3S/c1-26-19-12-16(13-21-22(25)17-9-5-6-10-20(17)28-21)11-18(24)23(19)27-14-15-7-3-2-4-8-15/h2-13H,14H2,1H3. The Morgan fingerprint density at radius 3 is 2.54 bits per heavy atom. The van der Waals surface area contributed by atoms with Crippen molar-refractivity contribution in [3.8, 4) is 11.5 Å². The van der Waals surface area contributed by atoms with E-state index in [1.54, 1.807) is 7.11 Å². The van der Waals surface area contributed by atoms with Crippen LogP contribution >= 0.6 is 27.7 Å². The fraction of sp³-hybridized carbons (Fsp3) is 0.0870. The van der Waals surface area contributed by atoms with Crippen LogP contribution in [0.5, 0.6) is 11.5 Å². The number of allylic oxidation sites excluding steroid dienone is 1. The molecule has 140 valence electrons. The molecule has 28 heavy (non-hydrogen) atoms. The number of ketones is 1. The van der Waals surface area contributed by atoms with Gasteiger partial charge in [0.15, 0.2) is 11.5 Å². The summed E-state index contributed by atoms with van der Waals surface area (Å²) in [5, 5.41) is 0. The van der Waals surface area contributed by atoms with Crippen LogP contribution in [0.2, 0.25) is 0 Å². The molecule has 3 aromatic rings. The predicted molar refractivity (Wildman–Crippen MR) is 116 cm³/mol. The molecule has 0 radical (unpaired) electrons. The lowest BCUT2D eigenvalue weighted by Gasteiger charge is -2.14. The third-order valence-corrected chi connectivity index (χ3v) is 6.04. The van der Waals surface area contributed by atoms with Crippen molar-refractivity contribution in [1.82, 2.24) is 0 Å². The average molecular weight is 453 g/mol. The minimum atomic E-state index is 0.0556. The van der Waals surface area contributed by atoms with Gasteiger partial charge in [-0.05, 0) is 57.4 Å². The number of methoxy groups -OCH3 is 1. The van der Waals surface area contributed by atoms with Crippen LogP contribution in [0.3, 0.4) is 0 Å². The molecule has 0 spiro atoms. The smallest absolute Gasteiger partial charge is 0.200 e. The van der Waals surface area contributed by atoms with Gasteiger partial charge in [-0.2, -0.15) is 0 Å². The summed E-state index contributed by atoms with van der Waals surface area (Å²) < 4.78 is 12.3. The number of thioether (sulfide) groups is 1. The zero-order valence-corrected chi connectivity index (χ0v) is 17.5. The van der Waals surface area contributed by atoms with E-state index < -0.39 is 0 Å². The van der Waals surface area contributed by atoms with Crippen molar-refractivity contribution in [3.05, 3.63) is 92.8 Å². The molecule has 0 unspecified atom stereocenters. The Labute approximate surface area is 176 Å². The number of carbonyl (C=O) groups excluding carboxylic acids is 1. The maximum absolute atomic E-state index is 12.6. The highest BCUT2D eigenvalue weighted by molar-refractivity contribution is 9.10. The third kappa shape index (κ3) is 3.86. The van der Waals surface area contributed by atoms with Crippen molar-refractivity contribution in [3.63, 3.8) is 0 Å². The van der Waals surface area contributed by atoms with Gasteiger partial charge in [0.2, 0.25) is 5.78 Å². The van der Waals surface area contributed by atoms with Gasteiger partial charge in [0.25, 0.3) is 0 Å². The van der Waals surface area contributed by atoms with E-state index in [0.717, 1.165) is 26.1 Å². The number of hydrogen-bond donors (Lipinski definition) is 0. The highest BCUT2D eigenvalue weighted by Gasteiger charge is 2.25. The number of benzene rings is 3. The molecular formula is C23H17BrO3S. The quantitative estimate of drug-likeness (QED) is 0.421. The fourth-order valence-corrected chi connectivity index (χ4v) is 4.61. The Balaban J connectivity index is 1.60. The molecule has 0 aliphatic carbocycles. The van der Waals surface area contributed by atoms with Crippen LogP contribution in [0.15, 0.2) is 81.0 Å². The van der Waals surface area contributed by atoms with Gasteiger partial charge in [0.05, 0.1) is 16.5 Å². The molecule has 1 aliphatic rings. The minimum Gasteiger partial charge on any atom is -0.493 e. The van der Waals surface area contributed by atoms with Crippen LogP contribution in [0.4, 0.5) is 0 Å². The van der Waals surface area contributed by atoms with E-state index in [1.807, 2.05) is 72.8 Å². The van der Waals surface area contributed by atoms with Crippen LogP contribution in [0, 0.1) is 0 Å². The maximum atomic E-state index is 12.6. The minimum absolute atomic E-state index is 0.0556. The van der Waals surface area contributed by atoms with Gasteiger partial charge in [-0.3, -0.25) is 4.79 Å². The monoisotopic (exact) mass is 452 g/mol. The van der Waals surface area contributed by atoms with E-state index in [0.29, 0.717) is 23.0 Å². The average Bonchev–Trinajstić information content (AvgIpc) is 3.03. The van der Waals surface area contributed by atoms with Gasteiger partial charge in [0, 0.05) is 10.5 Å². The van der Waals surface area contributed by atoms with Gasteiger partial charge in [0.1, 0.15) is 6.61 Å². The van der Waals surface area contributed by atoms with Gasteiger partial charge < -0.3 is 9.47 Å². The van der Waals surface area contributed by atoms with Crippen LogP contribution in [-0.4, -0.2) is 12.9 Å². The second kappa shape index (κ2) is 8.25. The molecule has 4 rings (SSSR count). The number of carbonyl (C=O) groups is 1. The van der Waals surface area contributed by atoms with Crippen molar-refractivity contribution in [2.45, 2.75) is 11.5 Å². The molecule has 0 fully saturated rings. The fourth-order valence-electron chi connectivity index (χ4n) is 2.98. The first-order chi connectivity index (χ1) is 13.7. The molecule has 0 saturated heterocycles. The summed E-state index contributed by atoms with van der Waals surface area (Å²) in [5.74, 6) is 1.31. The molecule has 0 bridgehead atoms. The summed E-state index contributed by atoms with van der Waals surface area (Å²) in [6.45, 7) is 0.444. The van der Waals surface area contributed by atoms with E-state index in [-0.39, 0.29) is 5.78 Å². The van der Waals surface area contributed by atoms with E-state index in [9.17, 15) is 4.79 Å². The highest BCUT2D eigenvalue weighted by atomic mass is 79.9. The normalized spacial score (nSPS) is 14.2. The molecular weight excluding hydrogens is 436 g/mol. The second-order valence-electron chi connectivity index (χ2n) is 6.24. The van der Waals surface area contributed by atoms with Gasteiger partial charge in [-0.25, -0.2) is 0 Å². The molecule has 1 aliphatic heterocycles. The molecule has 3 nitrogen and oxygen atoms in total. The SMILES string of the molecule is COc1cc(C=C2Sc3ccccc3C2=O)cc(Br)c1OCc1ccccc1. The third-order valence-electron chi connectivity index (χ3n) is 4.35. The predicted octanol–water partition coefficient (Wildman–Crippen LogP) is 6.37. The summed E-state index contributed by atoms with van der Waals surface area (Å²) >= 11 is 5.07. The zero-order valence-electron chi connectivity index (χ0n) is 15.1. The number of fused-ring (bicyclic) bond motifs is 1. The maximum Gasteiger partial charge on any atom is 0.200 e. The lowest BCUT2D eigenvalue weighted by Crippen LogP contribution is -1.99. The van der Waals surface area contributed by atoms with Crippen molar-refractivity contribution in [1.29, 1.82) is 0 Å². The molecule has 1 heterocycles. The Kier molecular flexibility index (Phi) is 5.55. The van der Waals surface area contributed by atoms with Crippen LogP contribution in [0.1, 0.15) is 21.5 Å². The summed E-state index contributed by atoms with van der Waals surface area (Å²) in [7, 11) is 1.61. The molecule has 0 amide bonds. The second-order valence-corrected chi connectivity index (χ2v) is 8.18. The summed E-state index contributed by atoms with van der Waals surface area (Å²) in [5.41, 5.74) is 2.71. The Hall–Kier alpha value is -2.50. The number of Topliss-reactive ketones (excluding diaryl/α,β-unsaturated/α-hetero) is 1. The van der Waals surface area contributed by atoms with Crippen molar-refractivity contribution < 1.29 is 14.3 Å². The summed E-state index contributed by atoms with van der Waals surface area (Å²) in [6.07, 6.45) is 1.89. The molecule has 5 heteroatoms. The highest BCUT2D eigenvalue weighted by Crippen LogP contribution is 2.42. The molecule has 0 saturated carbocycles. The van der Waals surface area contributed by atoms with Crippen LogP contribution in [0.25, 0.3) is 6.08 Å². The lowest BCUT2D eigenvalue weighted by atomic mass is 10.1. The zero-order chi connectivity index (χ0) is 19.5. The molecule has 0 aromatic heterocycles. The largest absolute Gasteiger partial charge is 0.493 e. The van der Waals surface area contributed by atoms with Crippen molar-refractivity contribution >= 4 is 39.6 Å². The van der Waals surface area contributed by atoms with Crippen LogP contribution in [-0.2, 0) is 6.61 Å². The first-order valence-electron chi connectivity index (χ1n) is 8.73. The van der Waals surface area contributed by atoms with E-state index in [4.69, 9.17) is 9.47 Å². The molecule has 0 atom stereocenters. The first kappa shape index (κ1) is 18.8. The summed E-state index contributed by atoms with van der Waals surface area (Å²) in [4.78, 5) is 14.3. The summed E-state index contributed by atoms with van der Waals surface area (Å²) in [6, 6.07) is 21.4. The van der Waals surface area contributed by atoms with Gasteiger partial charge in [-0.1, -0.05) is 54.2 Å². The van der Waals surface area contributed by atoms with E-state index >= 15 is 0 Å². The van der Waals surface area contributed by atoms with E-state index in [1.165, 1.54) is 11.8 Å². The lowest BCUT2D eigenvalue weighted by molar-refractivity contribution is 0.104. The van der Waals surface area contributed by atoms with Crippen molar-refractivity contribution in [2.24, 2.45) is 0 Å². The van der Waals surface area contributed by atoms with Crippen molar-refractivity contribution in [2.75, 3.05) is 7.11 Å². The van der Waals surface area contributed by atoms with Gasteiger partial charge in [-0.15, -0.1) is 0 Å². The van der Waals surface area contributed by atoms with Crippen LogP contribution < -0.4 is 9.47 Å². The Morgan fingerprint density at radius 2 is 1.79 bits per heavy atom. The first-order valence-corrected chi connectivity index (χ1v) is 10.3. The number of ether oxygens (including phenoxy) is 2. The topological polar surface area (TPSA) is 35.5 Å². The van der Waals surface area contributed by atoms with E-state index in [2.05, 4.69) is 15.9 Å². The Bertz CT molecular complexity index is 1060. The Morgan fingerprint density at radius 1 is 1.04 bits per heavy atom. The molecule has 3 aromatic carbocycles. The molecule has 0 N–H and O–H groups in total. The van der Waals surface area contributed by atoms with Gasteiger partial charge >= 0.3 is 0 Å². The number of hydrogen-bond acceptors (Lipinski definition) is 4. The number of halogens is 1.